The first kappa shape index (κ1) is 21.4. The molecule has 29 heavy (non-hydrogen) atoms. The highest BCUT2D eigenvalue weighted by Gasteiger charge is 2.38. The largest absolute Gasteiger partial charge is 0.459 e. The zero-order valence-electron chi connectivity index (χ0n) is 17.2. The predicted molar refractivity (Wildman–Crippen MR) is 115 cm³/mol. The number of esters is 1. The fourth-order valence-electron chi connectivity index (χ4n) is 3.47. The third kappa shape index (κ3) is 5.00. The van der Waals surface area contributed by atoms with Gasteiger partial charge in [-0.05, 0) is 44.9 Å². The number of amides is 1. The lowest BCUT2D eigenvalue weighted by atomic mass is 9.94. The van der Waals surface area contributed by atoms with Crippen LogP contribution in [0.4, 0.5) is 5.69 Å². The van der Waals surface area contributed by atoms with Gasteiger partial charge in [0.05, 0.1) is 23.4 Å². The summed E-state index contributed by atoms with van der Waals surface area (Å²) in [5.41, 5.74) is 2.79. The standard InChI is InChI=1S/C21H27N3O4S/c1-13(2)28-20(26)18-14(3)22-21-24(9-6-10-29-21)19(18)15-7-5-8-16(11-15)23-17(25)12-27-4/h5,7-8,11,13,19H,6,9-10,12H2,1-4H3,(H,23,25)/t19-/m0/s1. The van der Waals surface area contributed by atoms with E-state index in [1.165, 1.54) is 7.11 Å². The highest BCUT2D eigenvalue weighted by Crippen LogP contribution is 2.40. The number of hydrogen-bond donors (Lipinski definition) is 1. The molecule has 156 valence electrons. The van der Waals surface area contributed by atoms with Crippen molar-refractivity contribution in [2.75, 3.05) is 31.3 Å². The van der Waals surface area contributed by atoms with Crippen LogP contribution in [0.15, 0.2) is 40.5 Å². The number of nitrogens with one attached hydrogen (secondary N) is 1. The maximum Gasteiger partial charge on any atom is 0.338 e. The highest BCUT2D eigenvalue weighted by atomic mass is 32.2. The molecule has 1 saturated heterocycles. The minimum Gasteiger partial charge on any atom is -0.459 e. The van der Waals surface area contributed by atoms with Crippen LogP contribution in [-0.4, -0.2) is 54.1 Å². The van der Waals surface area contributed by atoms with Gasteiger partial charge in [0.2, 0.25) is 5.91 Å². The number of benzene rings is 1. The Kier molecular flexibility index (Phi) is 6.97. The maximum atomic E-state index is 13.0. The molecule has 1 amide bonds. The Balaban J connectivity index is 2.00. The average molecular weight is 418 g/mol. The van der Waals surface area contributed by atoms with Crippen molar-refractivity contribution in [2.45, 2.75) is 39.3 Å². The Labute approximate surface area is 175 Å². The number of methoxy groups -OCH3 is 1. The van der Waals surface area contributed by atoms with Crippen LogP contribution in [0.1, 0.15) is 38.8 Å². The first-order chi connectivity index (χ1) is 13.9. The quantitative estimate of drug-likeness (QED) is 0.715. The van der Waals surface area contributed by atoms with Gasteiger partial charge in [0.25, 0.3) is 0 Å². The molecule has 0 radical (unpaired) electrons. The van der Waals surface area contributed by atoms with E-state index in [0.29, 0.717) is 17.0 Å². The first-order valence-electron chi connectivity index (χ1n) is 9.69. The second-order valence-electron chi connectivity index (χ2n) is 7.25. The molecule has 7 nitrogen and oxygen atoms in total. The van der Waals surface area contributed by atoms with E-state index >= 15 is 0 Å². The number of ether oxygens (including phenoxy) is 2. The molecule has 1 aromatic carbocycles. The summed E-state index contributed by atoms with van der Waals surface area (Å²) in [6.07, 6.45) is 0.792. The van der Waals surface area contributed by atoms with Crippen LogP contribution >= 0.6 is 11.8 Å². The van der Waals surface area contributed by atoms with Gasteiger partial charge in [0.1, 0.15) is 6.61 Å². The Bertz CT molecular complexity index is 850. The van der Waals surface area contributed by atoms with Gasteiger partial charge in [-0.3, -0.25) is 4.79 Å². The molecule has 8 heteroatoms. The lowest BCUT2D eigenvalue weighted by Crippen LogP contribution is -2.42. The number of thioether (sulfide) groups is 1. The molecule has 0 aromatic heterocycles. The molecule has 1 aromatic rings. The third-order valence-electron chi connectivity index (χ3n) is 4.58. The number of allylic oxidation sites excluding steroid dienone is 1. The number of aliphatic imine (C=N–C) groups is 1. The van der Waals surface area contributed by atoms with E-state index in [1.54, 1.807) is 11.8 Å². The lowest BCUT2D eigenvalue weighted by Gasteiger charge is -2.40. The summed E-state index contributed by atoms with van der Waals surface area (Å²) in [4.78, 5) is 31.7. The van der Waals surface area contributed by atoms with Crippen molar-refractivity contribution in [3.8, 4) is 0 Å². The van der Waals surface area contributed by atoms with Gasteiger partial charge in [-0.15, -0.1) is 0 Å². The molecule has 1 atom stereocenters. The molecule has 1 N–H and O–H groups in total. The zero-order chi connectivity index (χ0) is 21.0. The summed E-state index contributed by atoms with van der Waals surface area (Å²) >= 11 is 1.70. The van der Waals surface area contributed by atoms with Gasteiger partial charge < -0.3 is 19.7 Å². The molecule has 2 aliphatic heterocycles. The van der Waals surface area contributed by atoms with Crippen LogP contribution in [0, 0.1) is 0 Å². The smallest absolute Gasteiger partial charge is 0.338 e. The van der Waals surface area contributed by atoms with Gasteiger partial charge in [-0.2, -0.15) is 0 Å². The van der Waals surface area contributed by atoms with E-state index in [4.69, 9.17) is 9.47 Å². The molecule has 0 bridgehead atoms. The number of amidine groups is 1. The Hall–Kier alpha value is -2.32. The Morgan fingerprint density at radius 3 is 2.90 bits per heavy atom. The third-order valence-corrected chi connectivity index (χ3v) is 5.66. The maximum absolute atomic E-state index is 13.0. The van der Waals surface area contributed by atoms with Crippen molar-refractivity contribution < 1.29 is 19.1 Å². The highest BCUT2D eigenvalue weighted by molar-refractivity contribution is 8.13. The number of carbonyl (C=O) groups is 2. The molecule has 3 rings (SSSR count). The lowest BCUT2D eigenvalue weighted by molar-refractivity contribution is -0.143. The normalized spacial score (nSPS) is 19.0. The number of fused-ring (bicyclic) bond motifs is 1. The summed E-state index contributed by atoms with van der Waals surface area (Å²) in [6, 6.07) is 7.26. The van der Waals surface area contributed by atoms with Crippen LogP contribution in [0.2, 0.25) is 0 Å². The second-order valence-corrected chi connectivity index (χ2v) is 8.31. The fraction of sp³-hybridized carbons (Fsp3) is 0.476. The molecule has 2 heterocycles. The first-order valence-corrected chi connectivity index (χ1v) is 10.7. The van der Waals surface area contributed by atoms with E-state index in [0.717, 1.165) is 29.4 Å². The van der Waals surface area contributed by atoms with E-state index in [1.807, 2.05) is 45.0 Å². The van der Waals surface area contributed by atoms with Gasteiger partial charge >= 0.3 is 5.97 Å². The number of hydrogen-bond acceptors (Lipinski definition) is 7. The fourth-order valence-corrected chi connectivity index (χ4v) is 4.49. The van der Waals surface area contributed by atoms with Crippen LogP contribution < -0.4 is 5.32 Å². The second kappa shape index (κ2) is 9.45. The molecule has 0 unspecified atom stereocenters. The molecule has 1 fully saturated rings. The van der Waals surface area contributed by atoms with Crippen molar-refractivity contribution in [2.24, 2.45) is 4.99 Å². The van der Waals surface area contributed by atoms with Crippen molar-refractivity contribution in [1.82, 2.24) is 4.90 Å². The molecule has 0 spiro atoms. The van der Waals surface area contributed by atoms with E-state index in [9.17, 15) is 9.59 Å². The van der Waals surface area contributed by atoms with Crippen molar-refractivity contribution >= 4 is 34.5 Å². The molecule has 2 aliphatic rings. The Morgan fingerprint density at radius 1 is 1.38 bits per heavy atom. The zero-order valence-corrected chi connectivity index (χ0v) is 18.0. The topological polar surface area (TPSA) is 80.2 Å². The van der Waals surface area contributed by atoms with Crippen LogP contribution in [0.3, 0.4) is 0 Å². The van der Waals surface area contributed by atoms with Crippen LogP contribution in [0.5, 0.6) is 0 Å². The van der Waals surface area contributed by atoms with E-state index < -0.39 is 0 Å². The number of anilines is 1. The summed E-state index contributed by atoms with van der Waals surface area (Å²) in [5, 5.41) is 3.76. The number of rotatable bonds is 6. The van der Waals surface area contributed by atoms with Gasteiger partial charge in [-0.1, -0.05) is 23.9 Å². The monoisotopic (exact) mass is 417 g/mol. The number of carbonyl (C=O) groups excluding carboxylic acids is 2. The predicted octanol–water partition coefficient (Wildman–Crippen LogP) is 3.35. The van der Waals surface area contributed by atoms with Crippen molar-refractivity contribution in [1.29, 1.82) is 0 Å². The minimum atomic E-state index is -0.352. The van der Waals surface area contributed by atoms with Crippen LogP contribution in [-0.2, 0) is 19.1 Å². The van der Waals surface area contributed by atoms with Crippen molar-refractivity contribution in [3.63, 3.8) is 0 Å². The van der Waals surface area contributed by atoms with Gasteiger partial charge in [0, 0.05) is 25.1 Å². The molecule has 0 aliphatic carbocycles. The van der Waals surface area contributed by atoms with Crippen molar-refractivity contribution in [3.05, 3.63) is 41.1 Å². The summed E-state index contributed by atoms with van der Waals surface area (Å²) < 4.78 is 10.4. The SMILES string of the molecule is COCC(=O)Nc1cccc([C@H]2C(C(=O)OC(C)C)=C(C)N=C3SCCCN32)c1. The van der Waals surface area contributed by atoms with E-state index in [2.05, 4.69) is 15.2 Å². The average Bonchev–Trinajstić information content (AvgIpc) is 2.66. The molecular formula is C21H27N3O4S. The van der Waals surface area contributed by atoms with Gasteiger partial charge in [-0.25, -0.2) is 9.79 Å². The summed E-state index contributed by atoms with van der Waals surface area (Å²) in [5.74, 6) is 0.429. The Morgan fingerprint density at radius 2 is 2.17 bits per heavy atom. The minimum absolute atomic E-state index is 0.0157. The summed E-state index contributed by atoms with van der Waals surface area (Å²) in [6.45, 7) is 6.32. The molecule has 0 saturated carbocycles. The number of nitrogens with zero attached hydrogens (tertiary/aromatic N) is 2. The summed E-state index contributed by atoms with van der Waals surface area (Å²) in [7, 11) is 1.48. The van der Waals surface area contributed by atoms with E-state index in [-0.39, 0.29) is 30.6 Å². The van der Waals surface area contributed by atoms with Gasteiger partial charge in [0.15, 0.2) is 5.17 Å². The van der Waals surface area contributed by atoms with Crippen LogP contribution in [0.25, 0.3) is 0 Å². The molecular weight excluding hydrogens is 390 g/mol.